The van der Waals surface area contributed by atoms with Gasteiger partial charge in [-0.2, -0.15) is 12.7 Å². The number of nitrogens with zero attached hydrogens (tertiary/aromatic N) is 1. The Morgan fingerprint density at radius 1 is 0.810 bits per heavy atom. The molecule has 1 heterocycles. The van der Waals surface area contributed by atoms with Gasteiger partial charge in [0.15, 0.2) is 0 Å². The smallest absolute Gasteiger partial charge is 0.279 e. The van der Waals surface area contributed by atoms with Gasteiger partial charge >= 0.3 is 0 Å². The van der Waals surface area contributed by atoms with Crippen molar-refractivity contribution in [2.24, 2.45) is 0 Å². The summed E-state index contributed by atoms with van der Waals surface area (Å²) >= 11 is 0. The first-order valence-corrected chi connectivity index (χ1v) is 10.1. The van der Waals surface area contributed by atoms with E-state index in [1.165, 1.54) is 38.5 Å². The molecule has 0 unspecified atom stereocenters. The third kappa shape index (κ3) is 6.22. The van der Waals surface area contributed by atoms with E-state index in [4.69, 9.17) is 0 Å². The summed E-state index contributed by atoms with van der Waals surface area (Å²) in [5.74, 6) is 0. The average Bonchev–Trinajstić information content (AvgIpc) is 2.88. The average molecular weight is 317 g/mol. The van der Waals surface area contributed by atoms with Crippen molar-refractivity contribution in [3.8, 4) is 0 Å². The van der Waals surface area contributed by atoms with Crippen molar-refractivity contribution < 1.29 is 8.42 Å². The van der Waals surface area contributed by atoms with Gasteiger partial charge in [0.25, 0.3) is 10.2 Å². The zero-order valence-electron chi connectivity index (χ0n) is 13.1. The third-order valence-corrected chi connectivity index (χ3v) is 6.22. The number of rotatable bonds is 6. The Balaban J connectivity index is 1.66. The van der Waals surface area contributed by atoms with Crippen LogP contribution in [0.5, 0.6) is 0 Å². The van der Waals surface area contributed by atoms with E-state index >= 15 is 0 Å². The first-order chi connectivity index (χ1) is 10.2. The van der Waals surface area contributed by atoms with Crippen molar-refractivity contribution in [3.63, 3.8) is 0 Å². The molecule has 2 aliphatic rings. The van der Waals surface area contributed by atoms with Crippen LogP contribution in [0.25, 0.3) is 0 Å². The van der Waals surface area contributed by atoms with E-state index in [0.717, 1.165) is 32.2 Å². The molecule has 21 heavy (non-hydrogen) atoms. The van der Waals surface area contributed by atoms with Crippen LogP contribution in [0.4, 0.5) is 0 Å². The molecular weight excluding hydrogens is 286 g/mol. The van der Waals surface area contributed by atoms with Crippen molar-refractivity contribution in [2.75, 3.05) is 26.2 Å². The van der Waals surface area contributed by atoms with Crippen LogP contribution in [-0.2, 0) is 10.2 Å². The van der Waals surface area contributed by atoms with E-state index in [1.807, 2.05) is 0 Å². The Bertz CT molecular complexity index is 370. The lowest BCUT2D eigenvalue weighted by atomic mass is 10.1. The van der Waals surface area contributed by atoms with Crippen molar-refractivity contribution in [1.82, 2.24) is 14.3 Å². The number of nitrogens with one attached hydrogen (secondary N) is 2. The first-order valence-electron chi connectivity index (χ1n) is 8.66. The molecule has 6 heteroatoms. The number of hydrogen-bond acceptors (Lipinski definition) is 3. The molecule has 0 amide bonds. The maximum Gasteiger partial charge on any atom is 0.279 e. The molecule has 1 saturated carbocycles. The Kier molecular flexibility index (Phi) is 7.43. The molecule has 0 aromatic carbocycles. The van der Waals surface area contributed by atoms with Gasteiger partial charge in [0.2, 0.25) is 0 Å². The monoisotopic (exact) mass is 317 g/mol. The van der Waals surface area contributed by atoms with E-state index in [2.05, 4.69) is 10.0 Å². The van der Waals surface area contributed by atoms with E-state index in [-0.39, 0.29) is 0 Å². The van der Waals surface area contributed by atoms with Gasteiger partial charge in [0.05, 0.1) is 0 Å². The molecule has 1 aliphatic carbocycles. The fourth-order valence-corrected chi connectivity index (χ4v) is 4.59. The van der Waals surface area contributed by atoms with E-state index in [1.54, 1.807) is 4.31 Å². The fraction of sp³-hybridized carbons (Fsp3) is 1.00. The second-order valence-electron chi connectivity index (χ2n) is 6.36. The predicted octanol–water partition coefficient (Wildman–Crippen LogP) is 2.01. The van der Waals surface area contributed by atoms with Crippen LogP contribution < -0.4 is 10.0 Å². The molecule has 0 radical (unpaired) electrons. The lowest BCUT2D eigenvalue weighted by Crippen LogP contribution is -2.44. The third-order valence-electron chi connectivity index (χ3n) is 4.60. The van der Waals surface area contributed by atoms with Crippen LogP contribution >= 0.6 is 0 Å². The Hall–Kier alpha value is -0.170. The summed E-state index contributed by atoms with van der Waals surface area (Å²) in [5.41, 5.74) is 0. The van der Waals surface area contributed by atoms with Gasteiger partial charge in [-0.3, -0.25) is 0 Å². The molecule has 1 saturated heterocycles. The van der Waals surface area contributed by atoms with Gasteiger partial charge in [-0.25, -0.2) is 4.72 Å². The highest BCUT2D eigenvalue weighted by molar-refractivity contribution is 7.87. The van der Waals surface area contributed by atoms with Gasteiger partial charge in [0, 0.05) is 32.2 Å². The van der Waals surface area contributed by atoms with Crippen LogP contribution in [0.3, 0.4) is 0 Å². The summed E-state index contributed by atoms with van der Waals surface area (Å²) in [4.78, 5) is 0. The summed E-state index contributed by atoms with van der Waals surface area (Å²) in [6.07, 6.45) is 12.0. The normalized spacial score (nSPS) is 23.6. The van der Waals surface area contributed by atoms with Crippen molar-refractivity contribution in [3.05, 3.63) is 0 Å². The van der Waals surface area contributed by atoms with Gasteiger partial charge in [-0.05, 0) is 25.7 Å². The Morgan fingerprint density at radius 3 is 2.00 bits per heavy atom. The summed E-state index contributed by atoms with van der Waals surface area (Å²) in [7, 11) is -3.27. The molecular formula is C15H31N3O2S. The summed E-state index contributed by atoms with van der Waals surface area (Å²) in [6.45, 7) is 2.57. The molecule has 2 N–H and O–H groups in total. The van der Waals surface area contributed by atoms with Crippen LogP contribution in [0.15, 0.2) is 0 Å². The minimum atomic E-state index is -3.27. The van der Waals surface area contributed by atoms with Crippen molar-refractivity contribution in [2.45, 2.75) is 70.3 Å². The molecule has 0 spiro atoms. The molecule has 2 fully saturated rings. The van der Waals surface area contributed by atoms with E-state index < -0.39 is 10.2 Å². The number of hydrogen-bond donors (Lipinski definition) is 2. The SMILES string of the molecule is O=S(=O)(NCCNC1CCCCCC1)N1CCCCCC1. The first kappa shape index (κ1) is 17.2. The quantitative estimate of drug-likeness (QED) is 0.582. The van der Waals surface area contributed by atoms with Gasteiger partial charge in [0.1, 0.15) is 0 Å². The fourth-order valence-electron chi connectivity index (χ4n) is 3.31. The molecule has 2 rings (SSSR count). The minimum absolute atomic E-state index is 0.495. The molecule has 0 aromatic rings. The maximum atomic E-state index is 12.2. The van der Waals surface area contributed by atoms with Gasteiger partial charge in [-0.1, -0.05) is 38.5 Å². The largest absolute Gasteiger partial charge is 0.313 e. The molecule has 1 aliphatic heterocycles. The van der Waals surface area contributed by atoms with Gasteiger partial charge in [-0.15, -0.1) is 0 Å². The highest BCUT2D eigenvalue weighted by Gasteiger charge is 2.22. The van der Waals surface area contributed by atoms with Crippen LogP contribution in [0, 0.1) is 0 Å². The lowest BCUT2D eigenvalue weighted by Gasteiger charge is -2.21. The highest BCUT2D eigenvalue weighted by Crippen LogP contribution is 2.17. The van der Waals surface area contributed by atoms with E-state index in [9.17, 15) is 8.42 Å². The van der Waals surface area contributed by atoms with Crippen LogP contribution in [-0.4, -0.2) is 44.9 Å². The second kappa shape index (κ2) is 9.08. The zero-order chi connectivity index (χ0) is 15.0. The van der Waals surface area contributed by atoms with Crippen molar-refractivity contribution in [1.29, 1.82) is 0 Å². The summed E-state index contributed by atoms with van der Waals surface area (Å²) < 4.78 is 28.8. The molecule has 0 atom stereocenters. The molecule has 124 valence electrons. The molecule has 0 bridgehead atoms. The Labute approximate surface area is 130 Å². The maximum absolute atomic E-state index is 12.2. The lowest BCUT2D eigenvalue weighted by molar-refractivity contribution is 0.411. The van der Waals surface area contributed by atoms with Crippen LogP contribution in [0.2, 0.25) is 0 Å². The standard InChI is InChI=1S/C15H31N3O2S/c19-21(20,18-13-7-3-4-8-14-18)17-12-11-16-15-9-5-1-2-6-10-15/h15-17H,1-14H2. The van der Waals surface area contributed by atoms with Crippen molar-refractivity contribution >= 4 is 10.2 Å². The summed E-state index contributed by atoms with van der Waals surface area (Å²) in [5, 5.41) is 3.50. The van der Waals surface area contributed by atoms with Gasteiger partial charge < -0.3 is 5.32 Å². The summed E-state index contributed by atoms with van der Waals surface area (Å²) in [6, 6.07) is 0.579. The Morgan fingerprint density at radius 2 is 1.38 bits per heavy atom. The van der Waals surface area contributed by atoms with E-state index in [0.29, 0.717) is 25.7 Å². The molecule has 5 nitrogen and oxygen atoms in total. The molecule has 0 aromatic heterocycles. The van der Waals surface area contributed by atoms with Crippen LogP contribution in [0.1, 0.15) is 64.2 Å². The topological polar surface area (TPSA) is 61.4 Å². The predicted molar refractivity (Wildman–Crippen MR) is 86.5 cm³/mol. The highest BCUT2D eigenvalue weighted by atomic mass is 32.2. The zero-order valence-corrected chi connectivity index (χ0v) is 14.0. The second-order valence-corrected chi connectivity index (χ2v) is 8.11. The minimum Gasteiger partial charge on any atom is -0.313 e.